The van der Waals surface area contributed by atoms with Gasteiger partial charge in [-0.25, -0.2) is 4.79 Å². The summed E-state index contributed by atoms with van der Waals surface area (Å²) >= 11 is 1.81. The van der Waals surface area contributed by atoms with E-state index in [1.165, 1.54) is 6.07 Å². The average molecular weight is 270 g/mol. The van der Waals surface area contributed by atoms with Crippen LogP contribution in [0.3, 0.4) is 0 Å². The van der Waals surface area contributed by atoms with E-state index in [2.05, 4.69) is 23.5 Å². The maximum Gasteiger partial charge on any atom is 0.374 e. The molecule has 18 heavy (non-hydrogen) atoms. The van der Waals surface area contributed by atoms with Crippen molar-refractivity contribution in [2.75, 3.05) is 18.8 Å². The fraction of sp³-hybridized carbons (Fsp3) is 0.545. The van der Waals surface area contributed by atoms with Crippen LogP contribution in [0, 0.1) is 0 Å². The summed E-state index contributed by atoms with van der Waals surface area (Å²) in [5, 5.41) is 12.2. The molecule has 0 aliphatic carbocycles. The van der Waals surface area contributed by atoms with E-state index in [4.69, 9.17) is 5.11 Å². The summed E-state index contributed by atoms with van der Waals surface area (Å²) < 4.78 is 4.59. The van der Waals surface area contributed by atoms with Crippen LogP contribution in [0.15, 0.2) is 10.6 Å². The number of aromatic nitrogens is 1. The number of hydrogen-bond donors (Lipinski definition) is 1. The quantitative estimate of drug-likeness (QED) is 0.873. The first-order valence-corrected chi connectivity index (χ1v) is 6.51. The van der Waals surface area contributed by atoms with Gasteiger partial charge in [0.1, 0.15) is 0 Å². The summed E-state index contributed by atoms with van der Waals surface area (Å²) in [7, 11) is 0. The summed E-state index contributed by atoms with van der Waals surface area (Å²) in [5.41, 5.74) is 0.0510. The van der Waals surface area contributed by atoms with Crippen molar-refractivity contribution in [3.8, 4) is 0 Å². The molecule has 0 spiro atoms. The third kappa shape index (κ3) is 2.66. The Bertz CT molecular complexity index is 483. The molecule has 2 heterocycles. The normalized spacial score (nSPS) is 18.7. The van der Waals surface area contributed by atoms with Gasteiger partial charge in [0.05, 0.1) is 0 Å². The zero-order valence-electron chi connectivity index (χ0n) is 10.2. The Labute approximate surface area is 108 Å². The third-order valence-corrected chi connectivity index (χ3v) is 3.95. The van der Waals surface area contributed by atoms with Crippen molar-refractivity contribution < 1.29 is 19.2 Å². The highest BCUT2D eigenvalue weighted by molar-refractivity contribution is 8.00. The zero-order valence-corrected chi connectivity index (χ0v) is 11.0. The van der Waals surface area contributed by atoms with E-state index in [0.29, 0.717) is 13.1 Å². The number of thioether (sulfide) groups is 1. The van der Waals surface area contributed by atoms with Gasteiger partial charge in [-0.15, -0.1) is 0 Å². The molecule has 0 radical (unpaired) electrons. The lowest BCUT2D eigenvalue weighted by Gasteiger charge is -2.37. The third-order valence-electron chi connectivity index (χ3n) is 2.65. The minimum Gasteiger partial charge on any atom is -0.475 e. The zero-order chi connectivity index (χ0) is 13.3. The average Bonchev–Trinajstić information content (AvgIpc) is 2.76. The molecule has 0 saturated carbocycles. The number of hydrogen-bond acceptors (Lipinski definition) is 5. The van der Waals surface area contributed by atoms with Gasteiger partial charge >= 0.3 is 5.97 Å². The summed E-state index contributed by atoms with van der Waals surface area (Å²) in [6.45, 7) is 5.40. The molecule has 1 aromatic rings. The van der Waals surface area contributed by atoms with Crippen LogP contribution in [0.5, 0.6) is 0 Å². The van der Waals surface area contributed by atoms with Gasteiger partial charge in [0.15, 0.2) is 5.69 Å². The molecule has 0 aromatic carbocycles. The smallest absolute Gasteiger partial charge is 0.374 e. The monoisotopic (exact) mass is 270 g/mol. The number of amides is 1. The molecule has 1 fully saturated rings. The predicted octanol–water partition coefficient (Wildman–Crippen LogP) is 1.34. The van der Waals surface area contributed by atoms with Crippen LogP contribution in [0.4, 0.5) is 0 Å². The van der Waals surface area contributed by atoms with E-state index in [9.17, 15) is 9.59 Å². The lowest BCUT2D eigenvalue weighted by molar-refractivity contribution is 0.0648. The first-order valence-electron chi connectivity index (χ1n) is 5.52. The molecule has 1 aliphatic heterocycles. The van der Waals surface area contributed by atoms with Crippen molar-refractivity contribution >= 4 is 23.6 Å². The lowest BCUT2D eigenvalue weighted by atomic mass is 10.1. The minimum atomic E-state index is -1.23. The molecule has 1 aliphatic rings. The Kier molecular flexibility index (Phi) is 3.34. The Morgan fingerprint density at radius 3 is 2.83 bits per heavy atom. The molecule has 0 bridgehead atoms. The van der Waals surface area contributed by atoms with E-state index in [1.54, 1.807) is 4.90 Å². The Morgan fingerprint density at radius 1 is 1.56 bits per heavy atom. The van der Waals surface area contributed by atoms with Gasteiger partial charge < -0.3 is 14.5 Å². The second-order valence-electron chi connectivity index (χ2n) is 4.72. The van der Waals surface area contributed by atoms with Gasteiger partial charge in [0.2, 0.25) is 5.76 Å². The van der Waals surface area contributed by atoms with Crippen molar-refractivity contribution in [3.05, 3.63) is 17.5 Å². The van der Waals surface area contributed by atoms with Gasteiger partial charge in [-0.2, -0.15) is 11.8 Å². The largest absolute Gasteiger partial charge is 0.475 e. The van der Waals surface area contributed by atoms with E-state index in [1.807, 2.05) is 11.8 Å². The number of nitrogens with zero attached hydrogens (tertiary/aromatic N) is 2. The van der Waals surface area contributed by atoms with Gasteiger partial charge in [0, 0.05) is 29.7 Å². The van der Waals surface area contributed by atoms with Gasteiger partial charge in [-0.05, 0) is 13.8 Å². The Hall–Kier alpha value is -1.50. The molecular weight excluding hydrogens is 256 g/mol. The fourth-order valence-electron chi connectivity index (χ4n) is 1.83. The molecule has 0 atom stereocenters. The van der Waals surface area contributed by atoms with Crippen LogP contribution in [-0.4, -0.2) is 50.6 Å². The topological polar surface area (TPSA) is 83.6 Å². The maximum atomic E-state index is 12.1. The molecule has 2 rings (SSSR count). The molecule has 7 heteroatoms. The van der Waals surface area contributed by atoms with E-state index in [-0.39, 0.29) is 22.1 Å². The minimum absolute atomic E-state index is 0.00722. The SMILES string of the molecule is CC1(C)CN(C(=O)c2cc(C(=O)O)on2)CCS1. The summed E-state index contributed by atoms with van der Waals surface area (Å²) in [5.74, 6) is -0.956. The standard InChI is InChI=1S/C11H14N2O4S/c1-11(2)6-13(3-4-18-11)9(14)7-5-8(10(15)16)17-12-7/h5H,3-4,6H2,1-2H3,(H,15,16). The molecule has 1 N–H and O–H groups in total. The van der Waals surface area contributed by atoms with Crippen LogP contribution in [0.2, 0.25) is 0 Å². The van der Waals surface area contributed by atoms with E-state index >= 15 is 0 Å². The van der Waals surface area contributed by atoms with Crippen LogP contribution < -0.4 is 0 Å². The molecule has 0 unspecified atom stereocenters. The number of carboxylic acid groups (broad SMARTS) is 1. The lowest BCUT2D eigenvalue weighted by Crippen LogP contribution is -2.46. The molecule has 98 valence electrons. The number of carbonyl (C=O) groups is 2. The van der Waals surface area contributed by atoms with Gasteiger partial charge in [-0.1, -0.05) is 5.16 Å². The molecule has 1 aromatic heterocycles. The Morgan fingerprint density at radius 2 is 2.28 bits per heavy atom. The molecule has 1 saturated heterocycles. The highest BCUT2D eigenvalue weighted by atomic mass is 32.2. The van der Waals surface area contributed by atoms with Crippen molar-refractivity contribution in [1.82, 2.24) is 10.1 Å². The van der Waals surface area contributed by atoms with Crippen molar-refractivity contribution in [1.29, 1.82) is 0 Å². The van der Waals surface area contributed by atoms with Gasteiger partial charge in [0.25, 0.3) is 5.91 Å². The Balaban J connectivity index is 2.13. The van der Waals surface area contributed by atoms with Crippen LogP contribution in [-0.2, 0) is 0 Å². The van der Waals surface area contributed by atoms with Crippen molar-refractivity contribution in [3.63, 3.8) is 0 Å². The number of rotatable bonds is 2. The van der Waals surface area contributed by atoms with Crippen LogP contribution in [0.1, 0.15) is 34.9 Å². The first-order chi connectivity index (χ1) is 8.39. The number of aromatic carboxylic acids is 1. The van der Waals surface area contributed by atoms with Crippen molar-refractivity contribution in [2.45, 2.75) is 18.6 Å². The summed E-state index contributed by atoms with van der Waals surface area (Å²) in [4.78, 5) is 24.5. The van der Waals surface area contributed by atoms with E-state index < -0.39 is 5.97 Å². The highest BCUT2D eigenvalue weighted by Crippen LogP contribution is 2.30. The first kappa shape index (κ1) is 12.9. The second kappa shape index (κ2) is 4.64. The number of carbonyl (C=O) groups excluding carboxylic acids is 1. The van der Waals surface area contributed by atoms with Crippen LogP contribution in [0.25, 0.3) is 0 Å². The second-order valence-corrected chi connectivity index (χ2v) is 6.52. The maximum absolute atomic E-state index is 12.1. The van der Waals surface area contributed by atoms with Gasteiger partial charge in [-0.3, -0.25) is 4.79 Å². The molecule has 1 amide bonds. The fourth-order valence-corrected chi connectivity index (χ4v) is 2.94. The number of carboxylic acids is 1. The molecular formula is C11H14N2O4S. The summed E-state index contributed by atoms with van der Waals surface area (Å²) in [6.07, 6.45) is 0. The summed E-state index contributed by atoms with van der Waals surface area (Å²) in [6, 6.07) is 1.17. The predicted molar refractivity (Wildman–Crippen MR) is 65.9 cm³/mol. The highest BCUT2D eigenvalue weighted by Gasteiger charge is 2.31. The van der Waals surface area contributed by atoms with E-state index in [0.717, 1.165) is 5.75 Å². The van der Waals surface area contributed by atoms with Crippen LogP contribution >= 0.6 is 11.8 Å². The van der Waals surface area contributed by atoms with Crippen molar-refractivity contribution in [2.24, 2.45) is 0 Å². The molecule has 6 nitrogen and oxygen atoms in total.